The highest BCUT2D eigenvalue weighted by Crippen LogP contribution is 2.44. The molecular formula is C38H36ClN2O3S+. The second-order valence-corrected chi connectivity index (χ2v) is 12.4. The number of halogens is 1. The quantitative estimate of drug-likeness (QED) is 0.143. The minimum Gasteiger partial charge on any atom is -0.372 e. The number of rotatable bonds is 7. The molecule has 0 spiro atoms. The first-order valence-corrected chi connectivity index (χ1v) is 16.7. The molecule has 0 aliphatic carbocycles. The molecule has 0 saturated heterocycles. The average Bonchev–Trinajstić information content (AvgIpc) is 3.36. The van der Waals surface area contributed by atoms with Gasteiger partial charge >= 0.3 is 0 Å². The standard InChI is InChI=1S/C32H30ClN2.C6H6O3S/c1-4-35(5-2)25-21-19-23(20-22-25)30(26-15-9-11-17-28(26)33)31-27-16-10-12-18-29(27)34(3)32(31)24-13-7-6-8-14-24;7-10(8,9)6-4-2-1-3-5-6/h6-22H,4-5H2,1-3H3;1-5H,(H,7,8,9)/q+1;. The van der Waals surface area contributed by atoms with E-state index in [9.17, 15) is 8.42 Å². The number of benzene rings is 5. The Labute approximate surface area is 271 Å². The molecule has 0 bridgehead atoms. The Balaban J connectivity index is 0.000000342. The van der Waals surface area contributed by atoms with Crippen molar-refractivity contribution in [2.75, 3.05) is 25.0 Å². The molecule has 45 heavy (non-hydrogen) atoms. The smallest absolute Gasteiger partial charge is 0.294 e. The predicted molar refractivity (Wildman–Crippen MR) is 186 cm³/mol. The summed E-state index contributed by atoms with van der Waals surface area (Å²) in [4.78, 5) is 2.29. The maximum atomic E-state index is 10.4. The molecule has 5 nitrogen and oxygen atoms in total. The zero-order valence-electron chi connectivity index (χ0n) is 25.6. The van der Waals surface area contributed by atoms with E-state index in [1.165, 1.54) is 45.9 Å². The molecule has 6 rings (SSSR count). The Bertz CT molecular complexity index is 1950. The Morgan fingerprint density at radius 1 is 0.733 bits per heavy atom. The Morgan fingerprint density at radius 3 is 1.87 bits per heavy atom. The van der Waals surface area contributed by atoms with E-state index < -0.39 is 10.1 Å². The van der Waals surface area contributed by atoms with Crippen molar-refractivity contribution in [1.29, 1.82) is 0 Å². The van der Waals surface area contributed by atoms with E-state index in [0.717, 1.165) is 34.8 Å². The van der Waals surface area contributed by atoms with Crippen LogP contribution in [0.5, 0.6) is 0 Å². The summed E-state index contributed by atoms with van der Waals surface area (Å²) in [6.07, 6.45) is 0. The predicted octanol–water partition coefficient (Wildman–Crippen LogP) is 8.86. The summed E-state index contributed by atoms with van der Waals surface area (Å²) in [5, 5.41) is 0.752. The largest absolute Gasteiger partial charge is 0.372 e. The normalized spacial score (nSPS) is 13.5. The van der Waals surface area contributed by atoms with Gasteiger partial charge in [0.15, 0.2) is 0 Å². The third-order valence-corrected chi connectivity index (χ3v) is 9.07. The van der Waals surface area contributed by atoms with Gasteiger partial charge < -0.3 is 4.90 Å². The molecule has 0 unspecified atom stereocenters. The van der Waals surface area contributed by atoms with E-state index in [1.54, 1.807) is 18.2 Å². The summed E-state index contributed by atoms with van der Waals surface area (Å²) in [7, 11) is -1.85. The van der Waals surface area contributed by atoms with Crippen LogP contribution in [0.15, 0.2) is 138 Å². The highest BCUT2D eigenvalue weighted by Gasteiger charge is 2.36. The summed E-state index contributed by atoms with van der Waals surface area (Å²) >= 11 is 6.87. The highest BCUT2D eigenvalue weighted by molar-refractivity contribution is 7.85. The van der Waals surface area contributed by atoms with Crippen LogP contribution in [-0.2, 0) is 10.1 Å². The van der Waals surface area contributed by atoms with E-state index in [-0.39, 0.29) is 4.90 Å². The molecule has 0 atom stereocenters. The summed E-state index contributed by atoms with van der Waals surface area (Å²) in [5.74, 6) is 0. The lowest BCUT2D eigenvalue weighted by molar-refractivity contribution is -0.400. The number of anilines is 1. The summed E-state index contributed by atoms with van der Waals surface area (Å²) < 4.78 is 31.5. The van der Waals surface area contributed by atoms with Gasteiger partial charge in [-0.25, -0.2) is 0 Å². The fourth-order valence-corrected chi connectivity index (χ4v) is 6.43. The Hall–Kier alpha value is -4.49. The van der Waals surface area contributed by atoms with Crippen molar-refractivity contribution >= 4 is 50.0 Å². The molecule has 0 fully saturated rings. The van der Waals surface area contributed by atoms with Crippen molar-refractivity contribution in [3.8, 4) is 0 Å². The van der Waals surface area contributed by atoms with Crippen LogP contribution < -0.4 is 4.90 Å². The van der Waals surface area contributed by atoms with Crippen molar-refractivity contribution < 1.29 is 17.5 Å². The minimum atomic E-state index is -4.00. The number of nitrogens with zero attached hydrogens (tertiary/aromatic N) is 2. The van der Waals surface area contributed by atoms with Gasteiger partial charge in [0.1, 0.15) is 7.05 Å². The molecule has 1 heterocycles. The Kier molecular flexibility index (Phi) is 9.99. The van der Waals surface area contributed by atoms with Crippen LogP contribution in [0.1, 0.15) is 36.1 Å². The van der Waals surface area contributed by atoms with Crippen molar-refractivity contribution in [1.82, 2.24) is 0 Å². The van der Waals surface area contributed by atoms with Crippen LogP contribution in [0.25, 0.3) is 11.1 Å². The monoisotopic (exact) mass is 635 g/mol. The SMILES string of the molecule is CCN(CC)c1ccc(C(=C2C(c3ccccc3)=[N+](C)c3ccccc32)c2ccccc2Cl)cc1.O=S(=O)(O)c1ccccc1. The molecule has 228 valence electrons. The molecule has 1 aliphatic heterocycles. The molecule has 1 aliphatic rings. The molecular weight excluding hydrogens is 600 g/mol. The van der Waals surface area contributed by atoms with Crippen LogP contribution >= 0.6 is 11.6 Å². The zero-order chi connectivity index (χ0) is 32.0. The van der Waals surface area contributed by atoms with Gasteiger partial charge in [-0.05, 0) is 67.9 Å². The highest BCUT2D eigenvalue weighted by atomic mass is 35.5. The first-order valence-electron chi connectivity index (χ1n) is 14.9. The van der Waals surface area contributed by atoms with Gasteiger partial charge in [0.25, 0.3) is 10.1 Å². The lowest BCUT2D eigenvalue weighted by Crippen LogP contribution is -2.21. The average molecular weight is 636 g/mol. The number of allylic oxidation sites excluding steroid dienone is 1. The van der Waals surface area contributed by atoms with Crippen LogP contribution in [0.3, 0.4) is 0 Å². The topological polar surface area (TPSA) is 60.6 Å². The van der Waals surface area contributed by atoms with Crippen molar-refractivity contribution in [2.45, 2.75) is 18.7 Å². The third kappa shape index (κ3) is 6.94. The van der Waals surface area contributed by atoms with E-state index in [0.29, 0.717) is 0 Å². The lowest BCUT2D eigenvalue weighted by atomic mass is 9.86. The zero-order valence-corrected chi connectivity index (χ0v) is 27.1. The molecule has 5 aromatic carbocycles. The Morgan fingerprint density at radius 2 is 1.29 bits per heavy atom. The number of fused-ring (bicyclic) bond motifs is 1. The van der Waals surface area contributed by atoms with Gasteiger partial charge in [0.2, 0.25) is 11.4 Å². The molecule has 0 amide bonds. The van der Waals surface area contributed by atoms with Gasteiger partial charge in [-0.15, -0.1) is 0 Å². The first-order chi connectivity index (χ1) is 21.7. The molecule has 0 aromatic heterocycles. The maximum absolute atomic E-state index is 10.4. The van der Waals surface area contributed by atoms with Gasteiger partial charge in [-0.1, -0.05) is 90.5 Å². The van der Waals surface area contributed by atoms with E-state index in [4.69, 9.17) is 16.2 Å². The van der Waals surface area contributed by atoms with Crippen LogP contribution in [0.4, 0.5) is 11.4 Å². The van der Waals surface area contributed by atoms with Crippen molar-refractivity contribution in [3.63, 3.8) is 0 Å². The number of hydrogen-bond acceptors (Lipinski definition) is 3. The minimum absolute atomic E-state index is 0.0741. The van der Waals surface area contributed by atoms with E-state index in [1.807, 2.05) is 12.1 Å². The fourth-order valence-electron chi connectivity index (χ4n) is 5.70. The molecule has 5 aromatic rings. The van der Waals surface area contributed by atoms with Gasteiger partial charge in [0, 0.05) is 46.6 Å². The summed E-state index contributed by atoms with van der Waals surface area (Å²) in [6, 6.07) is 43.8. The van der Waals surface area contributed by atoms with Crippen LogP contribution in [0.2, 0.25) is 5.02 Å². The van der Waals surface area contributed by atoms with Crippen molar-refractivity contribution in [3.05, 3.63) is 161 Å². The second-order valence-electron chi connectivity index (χ2n) is 10.5. The third-order valence-electron chi connectivity index (χ3n) is 7.87. The second kappa shape index (κ2) is 14.1. The van der Waals surface area contributed by atoms with Crippen LogP contribution in [-0.4, -0.2) is 43.4 Å². The molecule has 7 heteroatoms. The fraction of sp³-hybridized carbons (Fsp3) is 0.132. The maximum Gasteiger partial charge on any atom is 0.294 e. The van der Waals surface area contributed by atoms with Crippen molar-refractivity contribution in [2.24, 2.45) is 0 Å². The molecule has 1 N–H and O–H groups in total. The molecule has 0 radical (unpaired) electrons. The molecule has 0 saturated carbocycles. The van der Waals surface area contributed by atoms with E-state index >= 15 is 0 Å². The first kappa shape index (κ1) is 31.9. The van der Waals surface area contributed by atoms with Gasteiger partial charge in [-0.3, -0.25) is 4.55 Å². The van der Waals surface area contributed by atoms with Gasteiger partial charge in [0.05, 0.1) is 16.0 Å². The number of para-hydroxylation sites is 1. The lowest BCUT2D eigenvalue weighted by Gasteiger charge is -2.22. The summed E-state index contributed by atoms with van der Waals surface area (Å²) in [6.45, 7) is 6.36. The summed E-state index contributed by atoms with van der Waals surface area (Å²) in [5.41, 5.74) is 10.6. The van der Waals surface area contributed by atoms with Gasteiger partial charge in [-0.2, -0.15) is 13.0 Å². The van der Waals surface area contributed by atoms with Crippen LogP contribution in [0, 0.1) is 0 Å². The number of hydrogen-bond donors (Lipinski definition) is 1. The van der Waals surface area contributed by atoms with E-state index in [2.05, 4.69) is 121 Å².